The Balaban J connectivity index is 1.75. The molecule has 186 valence electrons. The van der Waals surface area contributed by atoms with Gasteiger partial charge in [0, 0.05) is 24.9 Å². The summed E-state index contributed by atoms with van der Waals surface area (Å²) >= 11 is 0. The van der Waals surface area contributed by atoms with E-state index in [0.717, 1.165) is 11.3 Å². The second kappa shape index (κ2) is 10.1. The van der Waals surface area contributed by atoms with Gasteiger partial charge in [-0.05, 0) is 36.8 Å². The summed E-state index contributed by atoms with van der Waals surface area (Å²) in [7, 11) is 0. The smallest absolute Gasteiger partial charge is 0.330 e. The van der Waals surface area contributed by atoms with E-state index in [1.54, 1.807) is 12.1 Å². The predicted molar refractivity (Wildman–Crippen MR) is 130 cm³/mol. The van der Waals surface area contributed by atoms with E-state index in [1.807, 2.05) is 6.92 Å². The molecule has 13 nitrogen and oxygen atoms in total. The summed E-state index contributed by atoms with van der Waals surface area (Å²) in [5, 5.41) is 15.2. The lowest BCUT2D eigenvalue weighted by Crippen LogP contribution is -2.41. The molecule has 0 bridgehead atoms. The Labute approximate surface area is 203 Å². The van der Waals surface area contributed by atoms with Crippen molar-refractivity contribution in [1.29, 1.82) is 0 Å². The summed E-state index contributed by atoms with van der Waals surface area (Å²) in [6, 6.07) is 10.3. The fourth-order valence-electron chi connectivity index (χ4n) is 3.63. The molecule has 0 aliphatic rings. The third kappa shape index (κ3) is 4.80. The predicted octanol–water partition coefficient (Wildman–Crippen LogP) is 2.45. The van der Waals surface area contributed by atoms with Gasteiger partial charge in [-0.15, -0.1) is 0 Å². The normalized spacial score (nSPS) is 10.9. The zero-order valence-corrected chi connectivity index (χ0v) is 19.3. The lowest BCUT2D eigenvalue weighted by molar-refractivity contribution is -0.384. The minimum absolute atomic E-state index is 0.0231. The average Bonchev–Trinajstić information content (AvgIpc) is 3.55. The number of amides is 1. The summed E-state index contributed by atoms with van der Waals surface area (Å²) in [6.45, 7) is 2.07. The van der Waals surface area contributed by atoms with Gasteiger partial charge in [-0.2, -0.15) is 5.10 Å². The molecule has 0 aliphatic heterocycles. The second-order valence-corrected chi connectivity index (χ2v) is 7.89. The molecule has 0 radical (unpaired) electrons. The standard InChI is InChI=1S/C23H23N7O6/c1-2-3-11-27-20(24)19(21(31)25-23(27)33)28(14-17-5-4-13-36-17)22(32)18-10-12-29(26-18)15-6-8-16(9-7-15)30(34)35/h4-10,12-13H,2-3,11,14,24H2,1H3,(H,25,31,33). The molecule has 3 aromatic heterocycles. The van der Waals surface area contributed by atoms with Crippen molar-refractivity contribution in [3.8, 4) is 5.69 Å². The number of nitrogen functional groups attached to an aromatic ring is 1. The highest BCUT2D eigenvalue weighted by Gasteiger charge is 2.28. The summed E-state index contributed by atoms with van der Waals surface area (Å²) < 4.78 is 7.97. The van der Waals surface area contributed by atoms with Crippen LogP contribution >= 0.6 is 0 Å². The van der Waals surface area contributed by atoms with E-state index in [1.165, 1.54) is 52.0 Å². The number of aromatic amines is 1. The quantitative estimate of drug-likeness (QED) is 0.264. The lowest BCUT2D eigenvalue weighted by Gasteiger charge is -2.23. The van der Waals surface area contributed by atoms with Crippen LogP contribution in [0.15, 0.2) is 68.9 Å². The molecular weight excluding hydrogens is 470 g/mol. The van der Waals surface area contributed by atoms with Crippen LogP contribution < -0.4 is 21.9 Å². The zero-order chi connectivity index (χ0) is 25.8. The third-order valence-electron chi connectivity index (χ3n) is 5.49. The number of furan rings is 1. The van der Waals surface area contributed by atoms with Crippen LogP contribution in [0.5, 0.6) is 0 Å². The van der Waals surface area contributed by atoms with Crippen LogP contribution in [-0.2, 0) is 13.1 Å². The van der Waals surface area contributed by atoms with Crippen LogP contribution in [0.2, 0.25) is 0 Å². The largest absolute Gasteiger partial charge is 0.467 e. The number of non-ortho nitro benzene ring substituents is 1. The van der Waals surface area contributed by atoms with Gasteiger partial charge in [-0.3, -0.25) is 34.2 Å². The molecule has 0 fully saturated rings. The Morgan fingerprint density at radius 1 is 1.22 bits per heavy atom. The first-order valence-electron chi connectivity index (χ1n) is 11.1. The molecule has 1 amide bonds. The fraction of sp³-hybridized carbons (Fsp3) is 0.217. The average molecular weight is 493 g/mol. The van der Waals surface area contributed by atoms with Gasteiger partial charge >= 0.3 is 5.69 Å². The Morgan fingerprint density at radius 2 is 1.97 bits per heavy atom. The molecule has 0 aliphatic carbocycles. The molecule has 3 N–H and O–H groups in total. The first-order valence-corrected chi connectivity index (χ1v) is 11.1. The van der Waals surface area contributed by atoms with Crippen molar-refractivity contribution >= 4 is 23.1 Å². The van der Waals surface area contributed by atoms with Gasteiger partial charge in [0.25, 0.3) is 17.2 Å². The van der Waals surface area contributed by atoms with Crippen molar-refractivity contribution in [1.82, 2.24) is 19.3 Å². The van der Waals surface area contributed by atoms with Gasteiger partial charge in [0.05, 0.1) is 23.4 Å². The van der Waals surface area contributed by atoms with Gasteiger partial charge in [0.2, 0.25) is 0 Å². The van der Waals surface area contributed by atoms with Gasteiger partial charge in [-0.25, -0.2) is 9.48 Å². The number of rotatable bonds is 9. The molecule has 13 heteroatoms. The number of H-pyrrole nitrogens is 1. The Bertz CT molecular complexity index is 1500. The molecule has 0 saturated heterocycles. The van der Waals surface area contributed by atoms with Crippen LogP contribution in [0, 0.1) is 10.1 Å². The van der Waals surface area contributed by atoms with E-state index in [4.69, 9.17) is 10.2 Å². The summed E-state index contributed by atoms with van der Waals surface area (Å²) in [5.41, 5.74) is 4.95. The number of carbonyl (C=O) groups is 1. The van der Waals surface area contributed by atoms with Crippen molar-refractivity contribution < 1.29 is 14.1 Å². The molecule has 4 rings (SSSR count). The van der Waals surface area contributed by atoms with E-state index in [0.29, 0.717) is 17.9 Å². The molecule has 1 aromatic carbocycles. The van der Waals surface area contributed by atoms with Gasteiger partial charge in [-0.1, -0.05) is 13.3 Å². The monoisotopic (exact) mass is 493 g/mol. The highest BCUT2D eigenvalue weighted by atomic mass is 16.6. The number of anilines is 2. The maximum atomic E-state index is 13.6. The zero-order valence-electron chi connectivity index (χ0n) is 19.3. The molecule has 0 spiro atoms. The number of hydrogen-bond donors (Lipinski definition) is 2. The number of nitrogens with two attached hydrogens (primary N) is 1. The van der Waals surface area contributed by atoms with E-state index in [2.05, 4.69) is 10.1 Å². The van der Waals surface area contributed by atoms with Gasteiger partial charge in [0.1, 0.15) is 11.6 Å². The minimum atomic E-state index is -0.819. The molecule has 36 heavy (non-hydrogen) atoms. The SMILES string of the molecule is CCCCn1c(N)c(N(Cc2ccco2)C(=O)c2ccn(-c3ccc([N+](=O)[O-])cc3)n2)c(=O)[nH]c1=O. The van der Waals surface area contributed by atoms with Crippen molar-refractivity contribution in [3.05, 3.63) is 97.3 Å². The van der Waals surface area contributed by atoms with E-state index in [9.17, 15) is 24.5 Å². The fourth-order valence-corrected chi connectivity index (χ4v) is 3.63. The third-order valence-corrected chi connectivity index (χ3v) is 5.49. The van der Waals surface area contributed by atoms with Crippen LogP contribution in [0.4, 0.5) is 17.2 Å². The molecule has 0 unspecified atom stereocenters. The Kier molecular flexibility index (Phi) is 6.81. The maximum Gasteiger partial charge on any atom is 0.330 e. The maximum absolute atomic E-state index is 13.6. The molecule has 0 atom stereocenters. The number of carbonyl (C=O) groups excluding carboxylic acids is 1. The summed E-state index contributed by atoms with van der Waals surface area (Å²) in [6.07, 6.45) is 4.36. The number of aromatic nitrogens is 4. The molecule has 4 aromatic rings. The van der Waals surface area contributed by atoms with Crippen LogP contribution in [0.3, 0.4) is 0 Å². The summed E-state index contributed by atoms with van der Waals surface area (Å²) in [5.74, 6) is -0.430. The second-order valence-electron chi connectivity index (χ2n) is 7.89. The molecule has 0 saturated carbocycles. The number of nitro benzene ring substituents is 1. The number of nitrogens with zero attached hydrogens (tertiary/aromatic N) is 5. The lowest BCUT2D eigenvalue weighted by atomic mass is 10.2. The topological polar surface area (TPSA) is 175 Å². The number of nitrogens with one attached hydrogen (secondary N) is 1. The Hall–Kier alpha value is -4.94. The highest BCUT2D eigenvalue weighted by molar-refractivity contribution is 6.05. The van der Waals surface area contributed by atoms with Crippen molar-refractivity contribution in [2.45, 2.75) is 32.9 Å². The van der Waals surface area contributed by atoms with Crippen LogP contribution in [0.1, 0.15) is 36.0 Å². The first-order chi connectivity index (χ1) is 17.3. The van der Waals surface area contributed by atoms with Gasteiger partial charge in [0.15, 0.2) is 11.4 Å². The Morgan fingerprint density at radius 3 is 2.61 bits per heavy atom. The molecule has 3 heterocycles. The van der Waals surface area contributed by atoms with Crippen molar-refractivity contribution in [2.75, 3.05) is 10.6 Å². The highest BCUT2D eigenvalue weighted by Crippen LogP contribution is 2.23. The van der Waals surface area contributed by atoms with Crippen molar-refractivity contribution in [3.63, 3.8) is 0 Å². The number of nitro groups is 1. The van der Waals surface area contributed by atoms with E-state index < -0.39 is 22.1 Å². The summed E-state index contributed by atoms with van der Waals surface area (Å²) in [4.78, 5) is 52.6. The first kappa shape index (κ1) is 24.2. The number of benzene rings is 1. The number of hydrogen-bond acceptors (Lipinski definition) is 8. The van der Waals surface area contributed by atoms with Crippen LogP contribution in [0.25, 0.3) is 5.69 Å². The van der Waals surface area contributed by atoms with Crippen molar-refractivity contribution in [2.24, 2.45) is 0 Å². The molecular formula is C23H23N7O6. The van der Waals surface area contributed by atoms with Crippen LogP contribution in [-0.4, -0.2) is 30.2 Å². The van der Waals surface area contributed by atoms with E-state index in [-0.39, 0.29) is 36.0 Å². The minimum Gasteiger partial charge on any atom is -0.467 e. The van der Waals surface area contributed by atoms with E-state index >= 15 is 0 Å². The number of unbranched alkanes of at least 4 members (excludes halogenated alkanes) is 1. The van der Waals surface area contributed by atoms with Gasteiger partial charge < -0.3 is 10.2 Å².